The van der Waals surface area contributed by atoms with Crippen molar-refractivity contribution in [3.63, 3.8) is 0 Å². The predicted molar refractivity (Wildman–Crippen MR) is 118 cm³/mol. The third-order valence-corrected chi connectivity index (χ3v) is 5.82. The van der Waals surface area contributed by atoms with Gasteiger partial charge in [0.15, 0.2) is 0 Å². The number of fused-ring (bicyclic) bond motifs is 1. The molecule has 3 N–H and O–H groups in total. The van der Waals surface area contributed by atoms with Gasteiger partial charge in [0, 0.05) is 33.1 Å². The van der Waals surface area contributed by atoms with E-state index in [0.717, 1.165) is 58.7 Å². The van der Waals surface area contributed by atoms with Crippen molar-refractivity contribution in [2.24, 2.45) is 0 Å². The summed E-state index contributed by atoms with van der Waals surface area (Å²) < 4.78 is 5.88. The summed E-state index contributed by atoms with van der Waals surface area (Å²) in [5.74, 6) is 0.642. The predicted octanol–water partition coefficient (Wildman–Crippen LogP) is 4.68. The smallest absolute Gasteiger partial charge is 0.251 e. The van der Waals surface area contributed by atoms with Crippen LogP contribution in [-0.4, -0.2) is 36.6 Å². The van der Waals surface area contributed by atoms with Crippen LogP contribution in [0.4, 0.5) is 0 Å². The minimum absolute atomic E-state index is 0.0524. The van der Waals surface area contributed by atoms with Crippen LogP contribution in [0.3, 0.4) is 0 Å². The summed E-state index contributed by atoms with van der Waals surface area (Å²) in [7, 11) is 0. The zero-order valence-corrected chi connectivity index (χ0v) is 17.5. The number of ether oxygens (including phenoxy) is 1. The van der Waals surface area contributed by atoms with Crippen LogP contribution < -0.4 is 15.4 Å². The minimum Gasteiger partial charge on any atom is -0.493 e. The number of nitrogens with one attached hydrogen (secondary N) is 3. The number of hydrogen-bond acceptors (Lipinski definition) is 3. The zero-order valence-electron chi connectivity index (χ0n) is 16.8. The van der Waals surface area contributed by atoms with Crippen LogP contribution in [0.5, 0.6) is 5.75 Å². The summed E-state index contributed by atoms with van der Waals surface area (Å²) in [4.78, 5) is 16.1. The van der Waals surface area contributed by atoms with Gasteiger partial charge in [-0.3, -0.25) is 4.79 Å². The number of aryl methyl sites for hydroxylation is 1. The molecule has 5 nitrogen and oxygen atoms in total. The number of aromatic amines is 1. The van der Waals surface area contributed by atoms with E-state index in [-0.39, 0.29) is 11.9 Å². The molecule has 0 spiro atoms. The topological polar surface area (TPSA) is 66.2 Å². The van der Waals surface area contributed by atoms with Crippen LogP contribution >= 0.6 is 11.6 Å². The fraction of sp³-hybridized carbons (Fsp3) is 0.348. The molecule has 4 rings (SSSR count). The monoisotopic (exact) mass is 411 g/mol. The highest BCUT2D eigenvalue weighted by Gasteiger charge is 2.18. The largest absolute Gasteiger partial charge is 0.493 e. The number of hydrogen-bond donors (Lipinski definition) is 3. The Balaban J connectivity index is 1.64. The van der Waals surface area contributed by atoms with Crippen molar-refractivity contribution in [1.82, 2.24) is 15.6 Å². The van der Waals surface area contributed by atoms with Crippen LogP contribution in [-0.2, 0) is 0 Å². The van der Waals surface area contributed by atoms with Crippen molar-refractivity contribution in [2.75, 3.05) is 19.7 Å². The molecule has 29 heavy (non-hydrogen) atoms. The molecule has 0 bridgehead atoms. The van der Waals surface area contributed by atoms with Gasteiger partial charge in [-0.05, 0) is 81.7 Å². The molecule has 1 fully saturated rings. The number of amides is 1. The maximum absolute atomic E-state index is 12.7. The average molecular weight is 412 g/mol. The zero-order chi connectivity index (χ0) is 20.4. The second kappa shape index (κ2) is 8.47. The molecule has 2 heterocycles. The third-order valence-electron chi connectivity index (χ3n) is 5.41. The first kappa shape index (κ1) is 19.8. The quantitative estimate of drug-likeness (QED) is 0.571. The van der Waals surface area contributed by atoms with Gasteiger partial charge < -0.3 is 20.4 Å². The van der Waals surface area contributed by atoms with Crippen LogP contribution in [0.15, 0.2) is 36.4 Å². The van der Waals surface area contributed by atoms with E-state index in [2.05, 4.69) is 27.8 Å². The first-order valence-corrected chi connectivity index (χ1v) is 10.5. The molecule has 2 aromatic carbocycles. The summed E-state index contributed by atoms with van der Waals surface area (Å²) in [6.07, 6.45) is 1.92. The normalized spacial score (nSPS) is 14.9. The summed E-state index contributed by atoms with van der Waals surface area (Å²) in [6.45, 7) is 6.35. The lowest BCUT2D eigenvalue weighted by Gasteiger charge is -2.23. The number of aromatic nitrogens is 1. The van der Waals surface area contributed by atoms with E-state index in [9.17, 15) is 4.79 Å². The maximum Gasteiger partial charge on any atom is 0.251 e. The van der Waals surface area contributed by atoms with Crippen molar-refractivity contribution in [1.29, 1.82) is 0 Å². The van der Waals surface area contributed by atoms with Gasteiger partial charge in [0.25, 0.3) is 5.91 Å². The van der Waals surface area contributed by atoms with E-state index in [0.29, 0.717) is 17.9 Å². The van der Waals surface area contributed by atoms with E-state index in [1.807, 2.05) is 38.1 Å². The number of halogens is 1. The summed E-state index contributed by atoms with van der Waals surface area (Å²) in [5.41, 5.74) is 4.50. The molecule has 1 aliphatic rings. The fourth-order valence-corrected chi connectivity index (χ4v) is 3.97. The molecule has 0 radical (unpaired) electrons. The van der Waals surface area contributed by atoms with Crippen LogP contribution in [0.25, 0.3) is 22.2 Å². The highest BCUT2D eigenvalue weighted by atomic mass is 35.5. The molecule has 1 amide bonds. The molecule has 0 aliphatic carbocycles. The van der Waals surface area contributed by atoms with Gasteiger partial charge in [-0.2, -0.15) is 0 Å². The van der Waals surface area contributed by atoms with E-state index < -0.39 is 0 Å². The number of benzene rings is 2. The molecule has 6 heteroatoms. The highest BCUT2D eigenvalue weighted by Crippen LogP contribution is 2.34. The Morgan fingerprint density at radius 3 is 2.76 bits per heavy atom. The van der Waals surface area contributed by atoms with Crippen molar-refractivity contribution in [3.05, 3.63) is 52.5 Å². The van der Waals surface area contributed by atoms with Crippen molar-refractivity contribution >= 4 is 28.4 Å². The van der Waals surface area contributed by atoms with Gasteiger partial charge in [0.2, 0.25) is 0 Å². The molecule has 152 valence electrons. The second-order valence-corrected chi connectivity index (χ2v) is 7.92. The Hall–Kier alpha value is -2.50. The number of piperidine rings is 1. The molecule has 0 saturated carbocycles. The molecule has 1 aromatic heterocycles. The van der Waals surface area contributed by atoms with Gasteiger partial charge in [-0.1, -0.05) is 11.6 Å². The lowest BCUT2D eigenvalue weighted by molar-refractivity contribution is 0.0929. The summed E-state index contributed by atoms with van der Waals surface area (Å²) >= 11 is 6.27. The molecule has 1 saturated heterocycles. The van der Waals surface area contributed by atoms with Crippen molar-refractivity contribution in [2.45, 2.75) is 32.7 Å². The second-order valence-electron chi connectivity index (χ2n) is 7.51. The number of carbonyl (C=O) groups excluding carboxylic acids is 1. The summed E-state index contributed by atoms with van der Waals surface area (Å²) in [6, 6.07) is 12.0. The van der Waals surface area contributed by atoms with Gasteiger partial charge >= 0.3 is 0 Å². The van der Waals surface area contributed by atoms with Crippen LogP contribution in [0.1, 0.15) is 35.7 Å². The van der Waals surface area contributed by atoms with Crippen LogP contribution in [0, 0.1) is 6.92 Å². The maximum atomic E-state index is 12.7. The molecule has 1 aliphatic heterocycles. The van der Waals surface area contributed by atoms with Gasteiger partial charge in [-0.15, -0.1) is 0 Å². The third kappa shape index (κ3) is 4.26. The standard InChI is InChI=1S/C23H26ClN3O2/c1-3-29-22-12-15(23(28)26-17-6-8-25-9-7-17)4-5-18(22)21-11-16-10-14(2)19(24)13-20(16)27-21/h4-5,10-13,17,25,27H,3,6-9H2,1-2H3,(H,26,28). The lowest BCUT2D eigenvalue weighted by Crippen LogP contribution is -2.42. The first-order valence-electron chi connectivity index (χ1n) is 10.1. The molecule has 3 aromatic rings. The summed E-state index contributed by atoms with van der Waals surface area (Å²) in [5, 5.41) is 8.29. The van der Waals surface area contributed by atoms with E-state index in [4.69, 9.17) is 16.3 Å². The molecular formula is C23H26ClN3O2. The number of rotatable bonds is 5. The number of H-pyrrole nitrogens is 1. The number of carbonyl (C=O) groups is 1. The molecule has 0 atom stereocenters. The Morgan fingerprint density at radius 2 is 2.00 bits per heavy atom. The van der Waals surface area contributed by atoms with Gasteiger partial charge in [-0.25, -0.2) is 0 Å². The van der Waals surface area contributed by atoms with Gasteiger partial charge in [0.1, 0.15) is 5.75 Å². The van der Waals surface area contributed by atoms with Crippen molar-refractivity contribution < 1.29 is 9.53 Å². The highest BCUT2D eigenvalue weighted by molar-refractivity contribution is 6.32. The van der Waals surface area contributed by atoms with Gasteiger partial charge in [0.05, 0.1) is 12.3 Å². The minimum atomic E-state index is -0.0524. The lowest BCUT2D eigenvalue weighted by atomic mass is 10.0. The Kier molecular flexibility index (Phi) is 5.79. The first-order chi connectivity index (χ1) is 14.0. The van der Waals surface area contributed by atoms with E-state index in [1.54, 1.807) is 0 Å². The molecule has 0 unspecified atom stereocenters. The van der Waals surface area contributed by atoms with E-state index in [1.165, 1.54) is 0 Å². The Morgan fingerprint density at radius 1 is 1.21 bits per heavy atom. The van der Waals surface area contributed by atoms with Crippen LogP contribution in [0.2, 0.25) is 5.02 Å². The SMILES string of the molecule is CCOc1cc(C(=O)NC2CCNCC2)ccc1-c1cc2cc(C)c(Cl)cc2[nH]1. The Bertz CT molecular complexity index is 999. The fourth-order valence-electron chi connectivity index (χ4n) is 3.81. The van der Waals surface area contributed by atoms with Crippen molar-refractivity contribution in [3.8, 4) is 17.0 Å². The van der Waals surface area contributed by atoms with E-state index >= 15 is 0 Å². The average Bonchev–Trinajstić information content (AvgIpc) is 3.11. The molecular weight excluding hydrogens is 386 g/mol. The Labute approximate surface area is 175 Å².